The summed E-state index contributed by atoms with van der Waals surface area (Å²) in [4.78, 5) is 25.3. The summed E-state index contributed by atoms with van der Waals surface area (Å²) in [5.74, 6) is -0.552. The summed E-state index contributed by atoms with van der Waals surface area (Å²) in [6.45, 7) is 5.98. The third-order valence-corrected chi connectivity index (χ3v) is 5.44. The minimum Gasteiger partial charge on any atom is -0.352 e. The molecule has 156 valence electrons. The molecule has 0 spiro atoms. The van der Waals surface area contributed by atoms with Crippen molar-refractivity contribution >= 4 is 33.2 Å². The molecule has 29 heavy (non-hydrogen) atoms. The Labute approximate surface area is 172 Å². The zero-order chi connectivity index (χ0) is 21.6. The smallest absolute Gasteiger partial charge is 0.253 e. The van der Waals surface area contributed by atoms with Crippen LogP contribution in [-0.4, -0.2) is 39.1 Å². The number of anilines is 2. The Hall–Kier alpha value is -2.87. The fourth-order valence-electron chi connectivity index (χ4n) is 2.80. The Kier molecular flexibility index (Phi) is 7.39. The molecule has 0 bridgehead atoms. The van der Waals surface area contributed by atoms with Crippen LogP contribution < -0.4 is 14.9 Å². The molecule has 0 fully saturated rings. The molecule has 2 amide bonds. The number of carbonyl (C=O) groups is 2. The first-order valence-electron chi connectivity index (χ1n) is 9.33. The molecule has 8 heteroatoms. The highest BCUT2D eigenvalue weighted by molar-refractivity contribution is 7.92. The van der Waals surface area contributed by atoms with Gasteiger partial charge in [-0.1, -0.05) is 44.2 Å². The second-order valence-corrected chi connectivity index (χ2v) is 9.07. The van der Waals surface area contributed by atoms with E-state index in [-0.39, 0.29) is 11.8 Å². The van der Waals surface area contributed by atoms with Gasteiger partial charge in [0.25, 0.3) is 5.91 Å². The number of carbonyl (C=O) groups excluding carboxylic acids is 2. The standard InChI is InChI=1S/C21H27N3O4S/c1-15(2)14-22-21(26)18-12-8-9-13-19(18)23-20(25)16(3)24(29(4,27)28)17-10-6-5-7-11-17/h5-13,15-16H,14H2,1-4H3,(H,22,26)(H,23,25)/t16-/m0/s1. The van der Waals surface area contributed by atoms with Gasteiger partial charge in [-0.25, -0.2) is 8.42 Å². The molecule has 2 aromatic rings. The first kappa shape index (κ1) is 22.4. The second kappa shape index (κ2) is 9.56. The van der Waals surface area contributed by atoms with Gasteiger partial charge in [-0.15, -0.1) is 0 Å². The molecular weight excluding hydrogens is 390 g/mol. The van der Waals surface area contributed by atoms with E-state index in [9.17, 15) is 18.0 Å². The van der Waals surface area contributed by atoms with Gasteiger partial charge in [0.1, 0.15) is 6.04 Å². The zero-order valence-electron chi connectivity index (χ0n) is 17.0. The van der Waals surface area contributed by atoms with Gasteiger partial charge in [0.05, 0.1) is 23.2 Å². The van der Waals surface area contributed by atoms with E-state index < -0.39 is 22.0 Å². The van der Waals surface area contributed by atoms with Gasteiger partial charge in [-0.05, 0) is 37.1 Å². The topological polar surface area (TPSA) is 95.6 Å². The van der Waals surface area contributed by atoms with Gasteiger partial charge in [0.15, 0.2) is 0 Å². The molecule has 0 aliphatic rings. The number of benzene rings is 2. The highest BCUT2D eigenvalue weighted by atomic mass is 32.2. The normalized spacial score (nSPS) is 12.3. The van der Waals surface area contributed by atoms with Gasteiger partial charge >= 0.3 is 0 Å². The van der Waals surface area contributed by atoms with Gasteiger partial charge in [0, 0.05) is 6.54 Å². The predicted molar refractivity (Wildman–Crippen MR) is 115 cm³/mol. The maximum absolute atomic E-state index is 12.9. The fourth-order valence-corrected chi connectivity index (χ4v) is 3.98. The van der Waals surface area contributed by atoms with E-state index in [4.69, 9.17) is 0 Å². The molecule has 0 unspecified atom stereocenters. The second-order valence-electron chi connectivity index (χ2n) is 7.21. The molecule has 0 radical (unpaired) electrons. The predicted octanol–water partition coefficient (Wildman–Crippen LogP) is 2.87. The molecule has 0 saturated carbocycles. The van der Waals surface area contributed by atoms with E-state index in [1.54, 1.807) is 54.6 Å². The minimum atomic E-state index is -3.71. The van der Waals surface area contributed by atoms with Crippen molar-refractivity contribution < 1.29 is 18.0 Å². The molecule has 0 aliphatic carbocycles. The van der Waals surface area contributed by atoms with Crippen molar-refractivity contribution in [2.75, 3.05) is 22.4 Å². The Morgan fingerprint density at radius 3 is 2.14 bits per heavy atom. The summed E-state index contributed by atoms with van der Waals surface area (Å²) in [6, 6.07) is 14.0. The van der Waals surface area contributed by atoms with E-state index >= 15 is 0 Å². The van der Waals surface area contributed by atoms with Crippen LogP contribution in [0.4, 0.5) is 11.4 Å². The molecule has 0 saturated heterocycles. The summed E-state index contributed by atoms with van der Waals surface area (Å²) in [5, 5.41) is 5.51. The minimum absolute atomic E-state index is 0.287. The lowest BCUT2D eigenvalue weighted by Gasteiger charge is -2.28. The SMILES string of the molecule is CC(C)CNC(=O)c1ccccc1NC(=O)[C@H](C)N(c1ccccc1)S(C)(=O)=O. The molecule has 0 aromatic heterocycles. The van der Waals surface area contributed by atoms with Crippen LogP contribution in [0, 0.1) is 5.92 Å². The third kappa shape index (κ3) is 6.05. The van der Waals surface area contributed by atoms with E-state index in [0.717, 1.165) is 10.6 Å². The number of hydrogen-bond donors (Lipinski definition) is 2. The Balaban J connectivity index is 2.26. The van der Waals surface area contributed by atoms with Gasteiger partial charge < -0.3 is 10.6 Å². The summed E-state index contributed by atoms with van der Waals surface area (Å²) in [6.07, 6.45) is 1.05. The van der Waals surface area contributed by atoms with E-state index in [1.165, 1.54) is 6.92 Å². The van der Waals surface area contributed by atoms with Crippen LogP contribution in [-0.2, 0) is 14.8 Å². The van der Waals surface area contributed by atoms with Crippen molar-refractivity contribution in [3.8, 4) is 0 Å². The average molecular weight is 418 g/mol. The molecule has 1 atom stereocenters. The number of sulfonamides is 1. The van der Waals surface area contributed by atoms with Crippen LogP contribution in [0.25, 0.3) is 0 Å². The lowest BCUT2D eigenvalue weighted by molar-refractivity contribution is -0.116. The summed E-state index contributed by atoms with van der Waals surface area (Å²) in [5.41, 5.74) is 1.03. The number of rotatable bonds is 8. The largest absolute Gasteiger partial charge is 0.352 e. The lowest BCUT2D eigenvalue weighted by Crippen LogP contribution is -2.45. The average Bonchev–Trinajstić information content (AvgIpc) is 2.66. The maximum atomic E-state index is 12.9. The number of nitrogens with one attached hydrogen (secondary N) is 2. The van der Waals surface area contributed by atoms with Crippen LogP contribution >= 0.6 is 0 Å². The van der Waals surface area contributed by atoms with Crippen LogP contribution in [0.2, 0.25) is 0 Å². The van der Waals surface area contributed by atoms with E-state index in [1.807, 2.05) is 13.8 Å². The molecule has 7 nitrogen and oxygen atoms in total. The number of para-hydroxylation sites is 2. The first-order valence-corrected chi connectivity index (χ1v) is 11.2. The molecule has 2 rings (SSSR count). The lowest BCUT2D eigenvalue weighted by atomic mass is 10.1. The maximum Gasteiger partial charge on any atom is 0.253 e. The van der Waals surface area contributed by atoms with E-state index in [0.29, 0.717) is 23.5 Å². The van der Waals surface area contributed by atoms with Gasteiger partial charge in [-0.3, -0.25) is 13.9 Å². The molecule has 0 aliphatic heterocycles. The van der Waals surface area contributed by atoms with Crippen molar-refractivity contribution in [3.63, 3.8) is 0 Å². The highest BCUT2D eigenvalue weighted by Crippen LogP contribution is 2.22. The summed E-state index contributed by atoms with van der Waals surface area (Å²) >= 11 is 0. The number of amides is 2. The number of hydrogen-bond acceptors (Lipinski definition) is 4. The molecule has 2 N–H and O–H groups in total. The summed E-state index contributed by atoms with van der Waals surface area (Å²) < 4.78 is 25.7. The van der Waals surface area contributed by atoms with Crippen molar-refractivity contribution in [3.05, 3.63) is 60.2 Å². The molecule has 0 heterocycles. The fraction of sp³-hybridized carbons (Fsp3) is 0.333. The van der Waals surface area contributed by atoms with Crippen molar-refractivity contribution in [1.29, 1.82) is 0 Å². The van der Waals surface area contributed by atoms with Crippen molar-refractivity contribution in [2.24, 2.45) is 5.92 Å². The summed E-state index contributed by atoms with van der Waals surface area (Å²) in [7, 11) is -3.71. The Bertz CT molecular complexity index is 959. The van der Waals surface area contributed by atoms with Crippen LogP contribution in [0.15, 0.2) is 54.6 Å². The molecule has 2 aromatic carbocycles. The van der Waals surface area contributed by atoms with Crippen LogP contribution in [0.5, 0.6) is 0 Å². The zero-order valence-corrected chi connectivity index (χ0v) is 17.9. The first-order chi connectivity index (χ1) is 13.6. The molecular formula is C21H27N3O4S. The quantitative estimate of drug-likeness (QED) is 0.690. The highest BCUT2D eigenvalue weighted by Gasteiger charge is 2.29. The number of nitrogens with zero attached hydrogens (tertiary/aromatic N) is 1. The van der Waals surface area contributed by atoms with Crippen molar-refractivity contribution in [2.45, 2.75) is 26.8 Å². The van der Waals surface area contributed by atoms with Gasteiger partial charge in [-0.2, -0.15) is 0 Å². The Morgan fingerprint density at radius 1 is 0.966 bits per heavy atom. The Morgan fingerprint density at radius 2 is 1.55 bits per heavy atom. The van der Waals surface area contributed by atoms with Crippen molar-refractivity contribution in [1.82, 2.24) is 5.32 Å². The van der Waals surface area contributed by atoms with Crippen LogP contribution in [0.3, 0.4) is 0 Å². The van der Waals surface area contributed by atoms with Gasteiger partial charge in [0.2, 0.25) is 15.9 Å². The van der Waals surface area contributed by atoms with Crippen LogP contribution in [0.1, 0.15) is 31.1 Å². The third-order valence-electron chi connectivity index (χ3n) is 4.20. The monoisotopic (exact) mass is 417 g/mol. The van der Waals surface area contributed by atoms with E-state index in [2.05, 4.69) is 10.6 Å².